The minimum absolute atomic E-state index is 0.00187. The number of carbonyl (C=O) groups is 2. The Hall–Kier alpha value is -2.38. The highest BCUT2D eigenvalue weighted by Crippen LogP contribution is 2.63. The molecule has 5 rings (SSSR count). The number of nitrogens with one attached hydrogen (secondary N) is 1. The molecule has 0 radical (unpaired) electrons. The van der Waals surface area contributed by atoms with Gasteiger partial charge in [-0.15, -0.1) is 0 Å². The van der Waals surface area contributed by atoms with Crippen molar-refractivity contribution in [3.05, 3.63) is 20.8 Å². The van der Waals surface area contributed by atoms with E-state index < -0.39 is 16.7 Å². The number of ketones is 1. The molecule has 3 N–H and O–H groups in total. The number of hydrogen-bond donors (Lipinski definition) is 2. The molecule has 8 heteroatoms. The van der Waals surface area contributed by atoms with Gasteiger partial charge in [0.2, 0.25) is 5.91 Å². The third-order valence-corrected chi connectivity index (χ3v) is 6.92. The molecule has 152 valence electrons. The second kappa shape index (κ2) is 6.60. The standard InChI is InChI=1S/C20H28N4O4/c1-3-5-23-16(21)14(17(26)24(6-4-2)19(23)28)22-18(27)20-9-11-7-12(10-20)15(25)13(20)8-11/h11-13H,3-10,21H2,1-2H3,(H,22,27). The van der Waals surface area contributed by atoms with Gasteiger partial charge in [0.05, 0.1) is 5.41 Å². The minimum atomic E-state index is -0.717. The Balaban J connectivity index is 1.74. The van der Waals surface area contributed by atoms with Crippen LogP contribution in [0.1, 0.15) is 52.4 Å². The van der Waals surface area contributed by atoms with Crippen molar-refractivity contribution in [1.82, 2.24) is 9.13 Å². The summed E-state index contributed by atoms with van der Waals surface area (Å²) < 4.78 is 2.50. The molecule has 28 heavy (non-hydrogen) atoms. The molecule has 4 bridgehead atoms. The van der Waals surface area contributed by atoms with Gasteiger partial charge in [0.1, 0.15) is 17.3 Å². The second-order valence-electron chi connectivity index (χ2n) is 8.66. The van der Waals surface area contributed by atoms with Crippen molar-refractivity contribution in [2.45, 2.75) is 65.5 Å². The predicted octanol–water partition coefficient (Wildman–Crippen LogP) is 1.36. The summed E-state index contributed by atoms with van der Waals surface area (Å²) in [5, 5.41) is 2.76. The Morgan fingerprint density at radius 3 is 2.46 bits per heavy atom. The maximum absolute atomic E-state index is 13.3. The molecule has 4 unspecified atom stereocenters. The number of aromatic nitrogens is 2. The summed E-state index contributed by atoms with van der Waals surface area (Å²) in [4.78, 5) is 51.4. The van der Waals surface area contributed by atoms with Crippen LogP contribution in [0.2, 0.25) is 0 Å². The smallest absolute Gasteiger partial charge is 0.332 e. The van der Waals surface area contributed by atoms with Crippen LogP contribution in [0.4, 0.5) is 11.5 Å². The first-order valence-electron chi connectivity index (χ1n) is 10.3. The summed E-state index contributed by atoms with van der Waals surface area (Å²) >= 11 is 0. The number of amides is 1. The number of nitrogens with two attached hydrogens (primary N) is 1. The van der Waals surface area contributed by atoms with Gasteiger partial charge >= 0.3 is 5.69 Å². The largest absolute Gasteiger partial charge is 0.383 e. The van der Waals surface area contributed by atoms with Gasteiger partial charge in [0, 0.05) is 24.9 Å². The molecular formula is C20H28N4O4. The summed E-state index contributed by atoms with van der Waals surface area (Å²) in [7, 11) is 0. The fraction of sp³-hybridized carbons (Fsp3) is 0.700. The quantitative estimate of drug-likeness (QED) is 0.763. The molecule has 4 atom stereocenters. The number of hydrogen-bond acceptors (Lipinski definition) is 5. The van der Waals surface area contributed by atoms with Crippen LogP contribution < -0.4 is 22.3 Å². The summed E-state index contributed by atoms with van der Waals surface area (Å²) in [6.45, 7) is 4.43. The number of nitrogen functional groups attached to an aromatic ring is 1. The second-order valence-corrected chi connectivity index (χ2v) is 8.66. The van der Waals surface area contributed by atoms with Gasteiger partial charge < -0.3 is 11.1 Å². The van der Waals surface area contributed by atoms with E-state index in [-0.39, 0.29) is 41.6 Å². The Kier molecular flexibility index (Phi) is 4.47. The molecule has 4 aliphatic rings. The monoisotopic (exact) mass is 388 g/mol. The van der Waals surface area contributed by atoms with Gasteiger partial charge in [-0.05, 0) is 44.4 Å². The summed E-state index contributed by atoms with van der Waals surface area (Å²) in [6.07, 6.45) is 4.21. The van der Waals surface area contributed by atoms with Gasteiger partial charge in [-0.2, -0.15) is 0 Å². The minimum Gasteiger partial charge on any atom is -0.383 e. The van der Waals surface area contributed by atoms with Crippen molar-refractivity contribution < 1.29 is 9.59 Å². The van der Waals surface area contributed by atoms with Crippen LogP contribution in [0.3, 0.4) is 0 Å². The van der Waals surface area contributed by atoms with Crippen molar-refractivity contribution in [2.24, 2.45) is 23.2 Å². The van der Waals surface area contributed by atoms with Gasteiger partial charge in [-0.1, -0.05) is 13.8 Å². The molecule has 4 fully saturated rings. The van der Waals surface area contributed by atoms with Gasteiger partial charge in [-0.25, -0.2) is 4.79 Å². The van der Waals surface area contributed by atoms with Crippen molar-refractivity contribution >= 4 is 23.2 Å². The van der Waals surface area contributed by atoms with E-state index in [0.29, 0.717) is 38.1 Å². The molecule has 4 aliphatic carbocycles. The fourth-order valence-electron chi connectivity index (χ4n) is 5.79. The zero-order chi connectivity index (χ0) is 20.2. The highest BCUT2D eigenvalue weighted by atomic mass is 16.2. The Morgan fingerprint density at radius 1 is 1.11 bits per heavy atom. The van der Waals surface area contributed by atoms with Crippen molar-refractivity contribution in [1.29, 1.82) is 0 Å². The van der Waals surface area contributed by atoms with Crippen LogP contribution in [0.5, 0.6) is 0 Å². The Bertz CT molecular complexity index is 962. The number of rotatable bonds is 6. The average molecular weight is 388 g/mol. The van der Waals surface area contributed by atoms with E-state index in [9.17, 15) is 19.2 Å². The summed E-state index contributed by atoms with van der Waals surface area (Å²) in [5.41, 5.74) is 4.39. The molecule has 0 aromatic carbocycles. The topological polar surface area (TPSA) is 116 Å². The van der Waals surface area contributed by atoms with E-state index in [1.54, 1.807) is 0 Å². The molecular weight excluding hydrogens is 360 g/mol. The molecule has 0 aliphatic heterocycles. The van der Waals surface area contributed by atoms with Crippen LogP contribution >= 0.6 is 0 Å². The molecule has 4 saturated carbocycles. The summed E-state index contributed by atoms with van der Waals surface area (Å²) in [6, 6.07) is 0. The van der Waals surface area contributed by atoms with E-state index in [2.05, 4.69) is 5.32 Å². The first kappa shape index (κ1) is 19.0. The highest BCUT2D eigenvalue weighted by molar-refractivity contribution is 6.04. The lowest BCUT2D eigenvalue weighted by Gasteiger charge is -2.30. The molecule has 0 saturated heterocycles. The van der Waals surface area contributed by atoms with E-state index in [4.69, 9.17) is 5.73 Å². The highest BCUT2D eigenvalue weighted by Gasteiger charge is 2.65. The molecule has 1 amide bonds. The lowest BCUT2D eigenvalue weighted by atomic mass is 9.75. The average Bonchev–Trinajstić information content (AvgIpc) is 3.05. The van der Waals surface area contributed by atoms with E-state index in [1.807, 2.05) is 13.8 Å². The fourth-order valence-corrected chi connectivity index (χ4v) is 5.79. The van der Waals surface area contributed by atoms with Crippen LogP contribution in [-0.2, 0) is 22.7 Å². The SMILES string of the molecule is CCCn1c(N)c(NC(=O)C23CC4CC(C2)C(=O)C3C4)c(=O)n(CCC)c1=O. The number of Topliss-reactive ketones (excluding diaryl/α,β-unsaturated/α-hetero) is 1. The van der Waals surface area contributed by atoms with Crippen LogP contribution in [0, 0.1) is 23.2 Å². The normalized spacial score (nSPS) is 30.2. The zero-order valence-corrected chi connectivity index (χ0v) is 16.5. The predicted molar refractivity (Wildman–Crippen MR) is 105 cm³/mol. The number of carbonyl (C=O) groups excluding carboxylic acids is 2. The van der Waals surface area contributed by atoms with Gasteiger partial charge in [0.15, 0.2) is 0 Å². The van der Waals surface area contributed by atoms with Crippen LogP contribution in [0.25, 0.3) is 0 Å². The van der Waals surface area contributed by atoms with Gasteiger partial charge in [0.25, 0.3) is 5.56 Å². The van der Waals surface area contributed by atoms with Crippen LogP contribution in [0.15, 0.2) is 9.59 Å². The van der Waals surface area contributed by atoms with E-state index in [0.717, 1.165) is 17.4 Å². The van der Waals surface area contributed by atoms with E-state index >= 15 is 0 Å². The zero-order valence-electron chi connectivity index (χ0n) is 16.5. The number of anilines is 2. The first-order chi connectivity index (χ1) is 13.3. The molecule has 0 spiro atoms. The first-order valence-corrected chi connectivity index (χ1v) is 10.3. The Labute approximate surface area is 163 Å². The lowest BCUT2D eigenvalue weighted by Crippen LogP contribution is -2.45. The van der Waals surface area contributed by atoms with E-state index in [1.165, 1.54) is 4.57 Å². The lowest BCUT2D eigenvalue weighted by molar-refractivity contribution is -0.131. The van der Waals surface area contributed by atoms with Crippen molar-refractivity contribution in [2.75, 3.05) is 11.1 Å². The van der Waals surface area contributed by atoms with Crippen molar-refractivity contribution in [3.8, 4) is 0 Å². The maximum atomic E-state index is 13.3. The van der Waals surface area contributed by atoms with Crippen molar-refractivity contribution in [3.63, 3.8) is 0 Å². The molecule has 1 aromatic heterocycles. The third kappa shape index (κ3) is 2.49. The third-order valence-electron chi connectivity index (χ3n) is 6.92. The Morgan fingerprint density at radius 2 is 1.79 bits per heavy atom. The number of nitrogens with zero attached hydrogens (tertiary/aromatic N) is 2. The molecule has 1 heterocycles. The van der Waals surface area contributed by atoms with Gasteiger partial charge in [-0.3, -0.25) is 23.5 Å². The molecule has 8 nitrogen and oxygen atoms in total. The molecule has 1 aromatic rings. The van der Waals surface area contributed by atoms with Crippen LogP contribution in [-0.4, -0.2) is 20.8 Å². The summed E-state index contributed by atoms with van der Waals surface area (Å²) in [5.74, 6) is 0.0666. The maximum Gasteiger partial charge on any atom is 0.332 e.